The van der Waals surface area contributed by atoms with Gasteiger partial charge in [-0.25, -0.2) is 0 Å². The molecule has 1 unspecified atom stereocenters. The maximum Gasteiger partial charge on any atom is 0.303 e. The van der Waals surface area contributed by atoms with Crippen LogP contribution in [0, 0.1) is 0 Å². The predicted molar refractivity (Wildman–Crippen MR) is 57.3 cm³/mol. The summed E-state index contributed by atoms with van der Waals surface area (Å²) in [5.41, 5.74) is 1.32. The van der Waals surface area contributed by atoms with Crippen molar-refractivity contribution in [2.45, 2.75) is 40.2 Å². The number of esters is 1. The van der Waals surface area contributed by atoms with E-state index in [2.05, 4.69) is 0 Å². The molecule has 0 saturated carbocycles. The van der Waals surface area contributed by atoms with E-state index < -0.39 is 5.60 Å². The Morgan fingerprint density at radius 3 is 2.33 bits per heavy atom. The molecule has 1 atom stereocenters. The lowest BCUT2D eigenvalue weighted by Gasteiger charge is -2.32. The topological polar surface area (TPSA) is 43.4 Å². The summed E-state index contributed by atoms with van der Waals surface area (Å²) in [6, 6.07) is 0. The third-order valence-electron chi connectivity index (χ3n) is 2.85. The first-order valence-electron chi connectivity index (χ1n) is 4.89. The van der Waals surface area contributed by atoms with Gasteiger partial charge in [-0.1, -0.05) is 0 Å². The van der Waals surface area contributed by atoms with Crippen molar-refractivity contribution in [3.8, 4) is 0 Å². The van der Waals surface area contributed by atoms with Crippen LogP contribution in [-0.4, -0.2) is 17.4 Å². The number of carbonyl (C=O) groups excluding carboxylic acids is 2. The zero-order valence-corrected chi connectivity index (χ0v) is 9.80. The van der Waals surface area contributed by atoms with E-state index in [-0.39, 0.29) is 11.8 Å². The van der Waals surface area contributed by atoms with Crippen molar-refractivity contribution in [2.24, 2.45) is 0 Å². The van der Waals surface area contributed by atoms with Crippen molar-refractivity contribution in [3.63, 3.8) is 0 Å². The van der Waals surface area contributed by atoms with E-state index in [1.165, 1.54) is 6.92 Å². The van der Waals surface area contributed by atoms with Crippen molar-refractivity contribution >= 4 is 11.8 Å². The molecule has 0 aromatic heterocycles. The Hall–Kier alpha value is -1.38. The maximum absolute atomic E-state index is 11.6. The van der Waals surface area contributed by atoms with Gasteiger partial charge in [0.15, 0.2) is 5.78 Å². The summed E-state index contributed by atoms with van der Waals surface area (Å²) >= 11 is 0. The normalized spacial score (nSPS) is 26.5. The van der Waals surface area contributed by atoms with Gasteiger partial charge >= 0.3 is 5.97 Å². The number of ketones is 1. The Kier molecular flexibility index (Phi) is 2.84. The SMILES string of the molecule is CC(=O)OC1(C)C=C(C)C(=O)C(C)=C1C. The van der Waals surface area contributed by atoms with Crippen molar-refractivity contribution < 1.29 is 14.3 Å². The standard InChI is InChI=1S/C12H16O3/c1-7-6-12(5,15-10(4)13)9(3)8(2)11(7)14/h6H,1-5H3. The number of carbonyl (C=O) groups is 2. The summed E-state index contributed by atoms with van der Waals surface area (Å²) in [4.78, 5) is 22.6. The molecule has 15 heavy (non-hydrogen) atoms. The van der Waals surface area contributed by atoms with E-state index in [1.54, 1.807) is 26.8 Å². The van der Waals surface area contributed by atoms with Gasteiger partial charge in [0, 0.05) is 6.92 Å². The molecule has 0 spiro atoms. The third-order valence-corrected chi connectivity index (χ3v) is 2.85. The van der Waals surface area contributed by atoms with Gasteiger partial charge in [-0.2, -0.15) is 0 Å². The highest BCUT2D eigenvalue weighted by molar-refractivity contribution is 6.09. The van der Waals surface area contributed by atoms with E-state index in [4.69, 9.17) is 4.74 Å². The van der Waals surface area contributed by atoms with Crippen LogP contribution in [0.25, 0.3) is 0 Å². The summed E-state index contributed by atoms with van der Waals surface area (Å²) in [6.07, 6.45) is 1.71. The Balaban J connectivity index is 3.20. The zero-order valence-electron chi connectivity index (χ0n) is 9.80. The second-order valence-electron chi connectivity index (χ2n) is 4.11. The lowest BCUT2D eigenvalue weighted by atomic mass is 9.82. The predicted octanol–water partition coefficient (Wildman–Crippen LogP) is 2.17. The number of rotatable bonds is 1. The fraction of sp³-hybridized carbons (Fsp3) is 0.500. The average molecular weight is 208 g/mol. The van der Waals surface area contributed by atoms with Crippen LogP contribution >= 0.6 is 0 Å². The van der Waals surface area contributed by atoms with Gasteiger partial charge in [0.05, 0.1) is 0 Å². The molecule has 0 fully saturated rings. The minimum atomic E-state index is -0.770. The fourth-order valence-electron chi connectivity index (χ4n) is 1.83. The maximum atomic E-state index is 11.6. The first-order chi connectivity index (χ1) is 6.78. The number of ether oxygens (including phenoxy) is 1. The monoisotopic (exact) mass is 208 g/mol. The fourth-order valence-corrected chi connectivity index (χ4v) is 1.83. The van der Waals surface area contributed by atoms with Crippen LogP contribution in [0.4, 0.5) is 0 Å². The van der Waals surface area contributed by atoms with E-state index in [1.807, 2.05) is 6.92 Å². The van der Waals surface area contributed by atoms with Crippen molar-refractivity contribution in [1.29, 1.82) is 0 Å². The number of Topliss-reactive ketones (excluding diaryl/α,β-unsaturated/α-hetero) is 1. The molecule has 0 bridgehead atoms. The zero-order chi connectivity index (χ0) is 11.8. The second kappa shape index (κ2) is 3.65. The third kappa shape index (κ3) is 2.01. The first-order valence-corrected chi connectivity index (χ1v) is 4.89. The summed E-state index contributed by atoms with van der Waals surface area (Å²) in [5, 5.41) is 0. The minimum Gasteiger partial charge on any atom is -0.451 e. The van der Waals surface area contributed by atoms with E-state index in [0.717, 1.165) is 5.57 Å². The van der Waals surface area contributed by atoms with Gasteiger partial charge < -0.3 is 4.74 Å². The van der Waals surface area contributed by atoms with Crippen LogP contribution in [0.15, 0.2) is 22.8 Å². The second-order valence-corrected chi connectivity index (χ2v) is 4.11. The molecular formula is C12H16O3. The smallest absolute Gasteiger partial charge is 0.303 e. The molecule has 0 aromatic carbocycles. The summed E-state index contributed by atoms with van der Waals surface area (Å²) in [5.74, 6) is -0.319. The van der Waals surface area contributed by atoms with Crippen LogP contribution in [0.1, 0.15) is 34.6 Å². The van der Waals surface area contributed by atoms with E-state index >= 15 is 0 Å². The molecular weight excluding hydrogens is 192 g/mol. The number of hydrogen-bond donors (Lipinski definition) is 0. The molecule has 3 heteroatoms. The summed E-state index contributed by atoms with van der Waals surface area (Å²) in [6.45, 7) is 8.48. The van der Waals surface area contributed by atoms with Gasteiger partial charge in [0.25, 0.3) is 0 Å². The largest absolute Gasteiger partial charge is 0.451 e. The van der Waals surface area contributed by atoms with Gasteiger partial charge in [0.1, 0.15) is 5.60 Å². The lowest BCUT2D eigenvalue weighted by molar-refractivity contribution is -0.148. The van der Waals surface area contributed by atoms with Crippen molar-refractivity contribution in [3.05, 3.63) is 22.8 Å². The molecule has 1 aliphatic rings. The molecule has 82 valence electrons. The van der Waals surface area contributed by atoms with Crippen LogP contribution in [0.5, 0.6) is 0 Å². The molecule has 0 N–H and O–H groups in total. The number of hydrogen-bond acceptors (Lipinski definition) is 3. The van der Waals surface area contributed by atoms with E-state index in [0.29, 0.717) is 11.1 Å². The highest BCUT2D eigenvalue weighted by atomic mass is 16.6. The molecule has 0 aromatic rings. The molecule has 0 radical (unpaired) electrons. The lowest BCUT2D eigenvalue weighted by Crippen LogP contribution is -2.35. The Morgan fingerprint density at radius 1 is 1.33 bits per heavy atom. The highest BCUT2D eigenvalue weighted by Crippen LogP contribution is 2.32. The van der Waals surface area contributed by atoms with Crippen LogP contribution in [-0.2, 0) is 14.3 Å². The average Bonchev–Trinajstić information content (AvgIpc) is 2.10. The first kappa shape index (κ1) is 11.7. The number of allylic oxidation sites excluding steroid dienone is 2. The molecule has 0 amide bonds. The van der Waals surface area contributed by atoms with Gasteiger partial charge in [0.2, 0.25) is 0 Å². The Morgan fingerprint density at radius 2 is 1.87 bits per heavy atom. The summed E-state index contributed by atoms with van der Waals surface area (Å²) < 4.78 is 5.25. The van der Waals surface area contributed by atoms with E-state index in [9.17, 15) is 9.59 Å². The van der Waals surface area contributed by atoms with Crippen LogP contribution in [0.2, 0.25) is 0 Å². The van der Waals surface area contributed by atoms with Crippen molar-refractivity contribution in [1.82, 2.24) is 0 Å². The molecule has 1 rings (SSSR count). The van der Waals surface area contributed by atoms with Crippen molar-refractivity contribution in [2.75, 3.05) is 0 Å². The Labute approximate surface area is 89.8 Å². The molecule has 0 aliphatic heterocycles. The van der Waals surface area contributed by atoms with Gasteiger partial charge in [-0.3, -0.25) is 9.59 Å². The molecule has 1 aliphatic carbocycles. The minimum absolute atomic E-state index is 0.0251. The molecule has 0 heterocycles. The van der Waals surface area contributed by atoms with Crippen LogP contribution in [0.3, 0.4) is 0 Å². The van der Waals surface area contributed by atoms with Gasteiger partial charge in [-0.15, -0.1) is 0 Å². The Bertz CT molecular complexity index is 388. The summed E-state index contributed by atoms with van der Waals surface area (Å²) in [7, 11) is 0. The molecule has 0 saturated heterocycles. The van der Waals surface area contributed by atoms with Gasteiger partial charge in [-0.05, 0) is 50.5 Å². The van der Waals surface area contributed by atoms with Crippen LogP contribution < -0.4 is 0 Å². The highest BCUT2D eigenvalue weighted by Gasteiger charge is 2.34. The quantitative estimate of drug-likeness (QED) is 0.620. The molecule has 3 nitrogen and oxygen atoms in total.